The van der Waals surface area contributed by atoms with Crippen molar-refractivity contribution in [2.75, 3.05) is 13.1 Å². The zero-order valence-electron chi connectivity index (χ0n) is 15.6. The van der Waals surface area contributed by atoms with E-state index < -0.39 is 5.69 Å². The lowest BCUT2D eigenvalue weighted by Gasteiger charge is -2.31. The summed E-state index contributed by atoms with van der Waals surface area (Å²) in [5.41, 5.74) is -0.140. The molecule has 0 radical (unpaired) electrons. The second-order valence-electron chi connectivity index (χ2n) is 6.99. The van der Waals surface area contributed by atoms with E-state index in [0.717, 1.165) is 5.76 Å². The molecule has 0 atom stereocenters. The van der Waals surface area contributed by atoms with Gasteiger partial charge in [-0.3, -0.25) is 14.2 Å². The Hall–Kier alpha value is -3.35. The minimum atomic E-state index is -0.401. The standard InChI is InChI=1S/C21H21N3O4/c1-14-6-7-16(28-14)8-9-19(25)23-12-10-15(11-13-23)24-20(26)17-4-2-3-5-18(17)22-21(24)27/h2-9,15H,10-13H2,1H3,(H,22,27)/b9-8+. The van der Waals surface area contributed by atoms with Gasteiger partial charge < -0.3 is 14.3 Å². The molecule has 144 valence electrons. The van der Waals surface area contributed by atoms with E-state index in [9.17, 15) is 14.4 Å². The first-order valence-corrected chi connectivity index (χ1v) is 9.30. The first kappa shape index (κ1) is 18.0. The number of furan rings is 1. The number of piperidine rings is 1. The van der Waals surface area contributed by atoms with Crippen LogP contribution in [0.15, 0.2) is 56.5 Å². The molecule has 0 unspecified atom stereocenters. The van der Waals surface area contributed by atoms with Crippen molar-refractivity contribution in [2.24, 2.45) is 0 Å². The third-order valence-electron chi connectivity index (χ3n) is 5.13. The van der Waals surface area contributed by atoms with E-state index in [0.29, 0.717) is 42.6 Å². The summed E-state index contributed by atoms with van der Waals surface area (Å²) in [5, 5.41) is 0.497. The average molecular weight is 379 g/mol. The normalized spacial score (nSPS) is 15.5. The molecule has 1 saturated heterocycles. The SMILES string of the molecule is Cc1ccc(/C=C/C(=O)N2CCC(n3c(=O)[nH]c4ccccc4c3=O)CC2)o1. The van der Waals surface area contributed by atoms with Gasteiger partial charge in [-0.15, -0.1) is 0 Å². The number of rotatable bonds is 3. The first-order valence-electron chi connectivity index (χ1n) is 9.30. The number of likely N-dealkylation sites (tertiary alicyclic amines) is 1. The quantitative estimate of drug-likeness (QED) is 0.708. The lowest BCUT2D eigenvalue weighted by molar-refractivity contribution is -0.127. The van der Waals surface area contributed by atoms with Crippen LogP contribution in [0.5, 0.6) is 0 Å². The third kappa shape index (κ3) is 3.43. The van der Waals surface area contributed by atoms with Crippen LogP contribution >= 0.6 is 0 Å². The Morgan fingerprint density at radius 1 is 1.14 bits per heavy atom. The smallest absolute Gasteiger partial charge is 0.329 e. The second-order valence-corrected chi connectivity index (χ2v) is 6.99. The lowest BCUT2D eigenvalue weighted by atomic mass is 10.0. The summed E-state index contributed by atoms with van der Waals surface area (Å²) in [6, 6.07) is 10.4. The van der Waals surface area contributed by atoms with Crippen molar-refractivity contribution in [3.05, 3.63) is 74.8 Å². The van der Waals surface area contributed by atoms with Gasteiger partial charge in [0.25, 0.3) is 5.56 Å². The molecule has 0 bridgehead atoms. The summed E-state index contributed by atoms with van der Waals surface area (Å²) in [5.74, 6) is 1.32. The molecule has 0 spiro atoms. The van der Waals surface area contributed by atoms with Crippen LogP contribution in [0.4, 0.5) is 0 Å². The Labute approximate surface area is 160 Å². The summed E-state index contributed by atoms with van der Waals surface area (Å²) in [7, 11) is 0. The van der Waals surface area contributed by atoms with E-state index in [1.54, 1.807) is 35.2 Å². The van der Waals surface area contributed by atoms with Crippen LogP contribution in [0.25, 0.3) is 17.0 Å². The number of aryl methyl sites for hydroxylation is 1. The molecular formula is C21H21N3O4. The van der Waals surface area contributed by atoms with Gasteiger partial charge >= 0.3 is 5.69 Å². The number of para-hydroxylation sites is 1. The van der Waals surface area contributed by atoms with Gasteiger partial charge in [-0.25, -0.2) is 4.79 Å². The van der Waals surface area contributed by atoms with Gasteiger partial charge in [0, 0.05) is 25.2 Å². The van der Waals surface area contributed by atoms with Crippen molar-refractivity contribution < 1.29 is 9.21 Å². The number of hydrogen-bond donors (Lipinski definition) is 1. The van der Waals surface area contributed by atoms with Crippen LogP contribution in [-0.2, 0) is 4.79 Å². The van der Waals surface area contributed by atoms with Crippen molar-refractivity contribution in [1.82, 2.24) is 14.5 Å². The van der Waals surface area contributed by atoms with Gasteiger partial charge in [-0.2, -0.15) is 0 Å². The topological polar surface area (TPSA) is 88.3 Å². The van der Waals surface area contributed by atoms with Gasteiger partial charge in [-0.05, 0) is 50.1 Å². The number of nitrogens with zero attached hydrogens (tertiary/aromatic N) is 2. The van der Waals surface area contributed by atoms with Crippen LogP contribution < -0.4 is 11.2 Å². The van der Waals surface area contributed by atoms with E-state index in [4.69, 9.17) is 4.42 Å². The van der Waals surface area contributed by atoms with Gasteiger partial charge in [0.05, 0.1) is 10.9 Å². The number of hydrogen-bond acceptors (Lipinski definition) is 4. The van der Waals surface area contributed by atoms with Gasteiger partial charge in [0.15, 0.2) is 0 Å². The van der Waals surface area contributed by atoms with Crippen LogP contribution in [0.1, 0.15) is 30.4 Å². The molecule has 2 aromatic heterocycles. The Morgan fingerprint density at radius 3 is 2.61 bits per heavy atom. The molecule has 4 rings (SSSR count). The lowest BCUT2D eigenvalue weighted by Crippen LogP contribution is -2.44. The van der Waals surface area contributed by atoms with E-state index in [2.05, 4.69) is 4.98 Å². The highest BCUT2D eigenvalue weighted by Crippen LogP contribution is 2.21. The minimum absolute atomic E-state index is 0.104. The van der Waals surface area contributed by atoms with Crippen molar-refractivity contribution in [3.63, 3.8) is 0 Å². The van der Waals surface area contributed by atoms with Gasteiger partial charge in [-0.1, -0.05) is 12.1 Å². The molecule has 7 heteroatoms. The Balaban J connectivity index is 1.48. The van der Waals surface area contributed by atoms with Gasteiger partial charge in [0.1, 0.15) is 11.5 Å². The number of aromatic amines is 1. The largest absolute Gasteiger partial charge is 0.462 e. The monoisotopic (exact) mass is 379 g/mol. The molecule has 1 aliphatic heterocycles. The summed E-state index contributed by atoms with van der Waals surface area (Å²) in [4.78, 5) is 42.1. The molecule has 28 heavy (non-hydrogen) atoms. The highest BCUT2D eigenvalue weighted by molar-refractivity contribution is 5.91. The fraction of sp³-hybridized carbons (Fsp3) is 0.286. The van der Waals surface area contributed by atoms with Crippen LogP contribution in [0.2, 0.25) is 0 Å². The molecule has 3 heterocycles. The number of carbonyl (C=O) groups excluding carboxylic acids is 1. The van der Waals surface area contributed by atoms with E-state index in [1.807, 2.05) is 19.1 Å². The molecule has 0 aliphatic carbocycles. The maximum atomic E-state index is 12.8. The number of carbonyl (C=O) groups is 1. The Bertz CT molecular complexity index is 1160. The predicted octanol–water partition coefficient (Wildman–Crippen LogP) is 2.47. The molecule has 1 fully saturated rings. The number of benzene rings is 1. The van der Waals surface area contributed by atoms with E-state index in [-0.39, 0.29) is 17.5 Å². The molecule has 0 saturated carbocycles. The van der Waals surface area contributed by atoms with Crippen LogP contribution in [0, 0.1) is 6.92 Å². The number of amides is 1. The van der Waals surface area contributed by atoms with Crippen molar-refractivity contribution in [2.45, 2.75) is 25.8 Å². The first-order chi connectivity index (χ1) is 13.5. The highest BCUT2D eigenvalue weighted by atomic mass is 16.3. The van der Waals surface area contributed by atoms with E-state index in [1.165, 1.54) is 10.6 Å². The predicted molar refractivity (Wildman–Crippen MR) is 106 cm³/mol. The molecule has 1 aliphatic rings. The zero-order chi connectivity index (χ0) is 19.7. The molecule has 3 aromatic rings. The van der Waals surface area contributed by atoms with Gasteiger partial charge in [0.2, 0.25) is 5.91 Å². The summed E-state index contributed by atoms with van der Waals surface area (Å²) >= 11 is 0. The van der Waals surface area contributed by atoms with E-state index >= 15 is 0 Å². The average Bonchev–Trinajstić information content (AvgIpc) is 3.12. The number of fused-ring (bicyclic) bond motifs is 1. The minimum Gasteiger partial charge on any atom is -0.462 e. The summed E-state index contributed by atoms with van der Waals surface area (Å²) in [6.45, 7) is 2.83. The Morgan fingerprint density at radius 2 is 1.89 bits per heavy atom. The van der Waals surface area contributed by atoms with Crippen LogP contribution in [0.3, 0.4) is 0 Å². The maximum absolute atomic E-state index is 12.8. The number of H-pyrrole nitrogens is 1. The zero-order valence-corrected chi connectivity index (χ0v) is 15.6. The summed E-state index contributed by atoms with van der Waals surface area (Å²) in [6.07, 6.45) is 4.26. The molecular weight excluding hydrogens is 358 g/mol. The number of aromatic nitrogens is 2. The van der Waals surface area contributed by atoms with Crippen molar-refractivity contribution in [1.29, 1.82) is 0 Å². The molecule has 1 aromatic carbocycles. The van der Waals surface area contributed by atoms with Crippen LogP contribution in [-0.4, -0.2) is 33.4 Å². The Kier molecular flexibility index (Phi) is 4.73. The molecule has 1 amide bonds. The van der Waals surface area contributed by atoms with Crippen molar-refractivity contribution >= 4 is 22.9 Å². The summed E-state index contributed by atoms with van der Waals surface area (Å²) < 4.78 is 6.72. The maximum Gasteiger partial charge on any atom is 0.329 e. The molecule has 7 nitrogen and oxygen atoms in total. The fourth-order valence-electron chi connectivity index (χ4n) is 3.65. The third-order valence-corrected chi connectivity index (χ3v) is 5.13. The number of nitrogens with one attached hydrogen (secondary N) is 1. The molecule has 1 N–H and O–H groups in total. The van der Waals surface area contributed by atoms with Crippen molar-refractivity contribution in [3.8, 4) is 0 Å². The second kappa shape index (κ2) is 7.34. The fourth-order valence-corrected chi connectivity index (χ4v) is 3.65. The highest BCUT2D eigenvalue weighted by Gasteiger charge is 2.25.